The van der Waals surface area contributed by atoms with E-state index in [2.05, 4.69) is 219 Å². The van der Waals surface area contributed by atoms with Gasteiger partial charge in [0.25, 0.3) is 0 Å². The smallest absolute Gasteiger partial charge is 0.0468 e. The van der Waals surface area contributed by atoms with E-state index in [0.29, 0.717) is 0 Å². The molecule has 1 aliphatic rings. The van der Waals surface area contributed by atoms with Crippen LogP contribution in [0.1, 0.15) is 25.0 Å². The lowest BCUT2D eigenvalue weighted by Crippen LogP contribution is -2.15. The third-order valence-electron chi connectivity index (χ3n) is 12.3. The monoisotopic (exact) mass is 713 g/mol. The van der Waals surface area contributed by atoms with Crippen molar-refractivity contribution in [3.8, 4) is 33.4 Å². The molecule has 0 N–H and O–H groups in total. The molecule has 0 aliphatic heterocycles. The fourth-order valence-electron chi connectivity index (χ4n) is 9.45. The van der Waals surface area contributed by atoms with Crippen molar-refractivity contribution in [1.82, 2.24) is 0 Å². The summed E-state index contributed by atoms with van der Waals surface area (Å²) in [6, 6.07) is 74.0. The Morgan fingerprint density at radius 1 is 0.304 bits per heavy atom. The van der Waals surface area contributed by atoms with Gasteiger partial charge in [0.15, 0.2) is 0 Å². The quantitative estimate of drug-likeness (QED) is 0.161. The van der Waals surface area contributed by atoms with Gasteiger partial charge in [-0.1, -0.05) is 172 Å². The summed E-state index contributed by atoms with van der Waals surface area (Å²) in [5.41, 5.74) is 13.6. The SMILES string of the molecule is CC1(C)c2ccccc2-c2cc(N(c3ccc(-c4cccc5ccccc45)cc3)c3ccc(-c4cc5c6ccccc6ccc5c5ccccc45)cc3)ccc21. The van der Waals surface area contributed by atoms with Crippen molar-refractivity contribution < 1.29 is 0 Å². The Kier molecular flexibility index (Phi) is 7.28. The highest BCUT2D eigenvalue weighted by atomic mass is 15.1. The molecule has 0 amide bonds. The molecule has 0 saturated carbocycles. The number of benzene rings is 10. The van der Waals surface area contributed by atoms with E-state index in [1.807, 2.05) is 0 Å². The molecule has 0 saturated heterocycles. The summed E-state index contributed by atoms with van der Waals surface area (Å²) in [5, 5.41) is 10.2. The molecule has 0 heterocycles. The largest absolute Gasteiger partial charge is 0.310 e. The van der Waals surface area contributed by atoms with Crippen LogP contribution in [-0.4, -0.2) is 0 Å². The maximum absolute atomic E-state index is 2.41. The van der Waals surface area contributed by atoms with Gasteiger partial charge >= 0.3 is 0 Å². The molecule has 10 aromatic carbocycles. The van der Waals surface area contributed by atoms with E-state index in [1.54, 1.807) is 0 Å². The van der Waals surface area contributed by atoms with Gasteiger partial charge in [0, 0.05) is 22.5 Å². The molecule has 0 radical (unpaired) electrons. The fourth-order valence-corrected chi connectivity index (χ4v) is 9.45. The third-order valence-corrected chi connectivity index (χ3v) is 12.3. The molecule has 1 nitrogen and oxygen atoms in total. The van der Waals surface area contributed by atoms with Crippen molar-refractivity contribution >= 4 is 60.2 Å². The lowest BCUT2D eigenvalue weighted by Gasteiger charge is -2.27. The standard InChI is InChI=1S/C55H39N/c1-55(2)53-21-10-9-19-49(53)52-34-42(31-33-54(52)55)56(40-27-22-38(23-28-40)44-20-11-14-36-12-3-5-15-43(36)44)41-29-24-39(25-30-41)50-35-51-45-16-6-4-13-37(45)26-32-48(51)46-17-7-8-18-47(46)50/h3-35H,1-2H3. The van der Waals surface area contributed by atoms with Crippen LogP contribution in [0.25, 0.3) is 76.5 Å². The maximum Gasteiger partial charge on any atom is 0.0468 e. The van der Waals surface area contributed by atoms with Crippen molar-refractivity contribution in [2.75, 3.05) is 4.90 Å². The van der Waals surface area contributed by atoms with E-state index in [4.69, 9.17) is 0 Å². The zero-order valence-corrected chi connectivity index (χ0v) is 31.5. The Bertz CT molecular complexity index is 3150. The summed E-state index contributed by atoms with van der Waals surface area (Å²) < 4.78 is 0. The van der Waals surface area contributed by atoms with E-state index in [0.717, 1.165) is 17.1 Å². The second kappa shape index (κ2) is 12.5. The Balaban J connectivity index is 1.06. The van der Waals surface area contributed by atoms with E-state index >= 15 is 0 Å². The lowest BCUT2D eigenvalue weighted by atomic mass is 9.82. The molecule has 11 rings (SSSR count). The predicted molar refractivity (Wildman–Crippen MR) is 240 cm³/mol. The minimum atomic E-state index is -0.0506. The van der Waals surface area contributed by atoms with Crippen LogP contribution in [0.2, 0.25) is 0 Å². The van der Waals surface area contributed by atoms with Gasteiger partial charge in [0.1, 0.15) is 0 Å². The molecule has 56 heavy (non-hydrogen) atoms. The second-order valence-electron chi connectivity index (χ2n) is 15.7. The molecule has 1 heteroatoms. The van der Waals surface area contributed by atoms with Crippen LogP contribution in [0.15, 0.2) is 200 Å². The average molecular weight is 714 g/mol. The van der Waals surface area contributed by atoms with E-state index in [9.17, 15) is 0 Å². The van der Waals surface area contributed by atoms with Crippen molar-refractivity contribution in [2.45, 2.75) is 19.3 Å². The van der Waals surface area contributed by atoms with Gasteiger partial charge in [-0.15, -0.1) is 0 Å². The lowest BCUT2D eigenvalue weighted by molar-refractivity contribution is 0.660. The van der Waals surface area contributed by atoms with Crippen molar-refractivity contribution in [2.24, 2.45) is 0 Å². The van der Waals surface area contributed by atoms with Crippen LogP contribution in [0.5, 0.6) is 0 Å². The van der Waals surface area contributed by atoms with Crippen LogP contribution in [-0.2, 0) is 5.41 Å². The number of hydrogen-bond acceptors (Lipinski definition) is 1. The van der Waals surface area contributed by atoms with Gasteiger partial charge in [-0.05, 0) is 130 Å². The molecule has 10 aromatic rings. The average Bonchev–Trinajstić information content (AvgIpc) is 3.49. The highest BCUT2D eigenvalue weighted by Crippen LogP contribution is 2.51. The van der Waals surface area contributed by atoms with Crippen molar-refractivity contribution in [3.63, 3.8) is 0 Å². The molecule has 0 unspecified atom stereocenters. The Labute approximate surface area is 327 Å². The van der Waals surface area contributed by atoms with Gasteiger partial charge in [-0.3, -0.25) is 0 Å². The van der Waals surface area contributed by atoms with E-state index < -0.39 is 0 Å². The maximum atomic E-state index is 2.41. The summed E-state index contributed by atoms with van der Waals surface area (Å²) in [6.07, 6.45) is 0. The highest BCUT2D eigenvalue weighted by Gasteiger charge is 2.35. The molecular formula is C55H39N. The summed E-state index contributed by atoms with van der Waals surface area (Å²) in [5.74, 6) is 0. The zero-order chi connectivity index (χ0) is 37.4. The van der Waals surface area contributed by atoms with Crippen LogP contribution in [0.4, 0.5) is 17.1 Å². The zero-order valence-electron chi connectivity index (χ0n) is 31.5. The number of rotatable bonds is 5. The van der Waals surface area contributed by atoms with Gasteiger partial charge < -0.3 is 4.90 Å². The van der Waals surface area contributed by atoms with Crippen LogP contribution in [0.3, 0.4) is 0 Å². The fraction of sp³-hybridized carbons (Fsp3) is 0.0545. The highest BCUT2D eigenvalue weighted by molar-refractivity contribution is 6.21. The van der Waals surface area contributed by atoms with Crippen LogP contribution in [0, 0.1) is 0 Å². The minimum Gasteiger partial charge on any atom is -0.310 e. The van der Waals surface area contributed by atoms with E-state index in [1.165, 1.54) is 87.6 Å². The number of hydrogen-bond donors (Lipinski definition) is 0. The van der Waals surface area contributed by atoms with Gasteiger partial charge in [-0.2, -0.15) is 0 Å². The first-order valence-electron chi connectivity index (χ1n) is 19.6. The Morgan fingerprint density at radius 2 is 0.821 bits per heavy atom. The molecule has 0 bridgehead atoms. The van der Waals surface area contributed by atoms with Gasteiger partial charge in [-0.25, -0.2) is 0 Å². The second-order valence-corrected chi connectivity index (χ2v) is 15.7. The van der Waals surface area contributed by atoms with Gasteiger partial charge in [0.05, 0.1) is 0 Å². The summed E-state index contributed by atoms with van der Waals surface area (Å²) in [6.45, 7) is 4.69. The van der Waals surface area contributed by atoms with Gasteiger partial charge in [0.2, 0.25) is 0 Å². The minimum absolute atomic E-state index is 0.0506. The normalized spacial score (nSPS) is 13.0. The first-order chi connectivity index (χ1) is 27.5. The summed E-state index contributed by atoms with van der Waals surface area (Å²) >= 11 is 0. The predicted octanol–water partition coefficient (Wildman–Crippen LogP) is 15.4. The summed E-state index contributed by atoms with van der Waals surface area (Å²) in [7, 11) is 0. The Hall–Kier alpha value is -6.96. The molecule has 0 spiro atoms. The molecule has 1 aliphatic carbocycles. The Morgan fingerprint density at radius 3 is 1.57 bits per heavy atom. The summed E-state index contributed by atoms with van der Waals surface area (Å²) in [4.78, 5) is 2.41. The van der Waals surface area contributed by atoms with Crippen molar-refractivity contribution in [1.29, 1.82) is 0 Å². The first-order valence-corrected chi connectivity index (χ1v) is 19.6. The topological polar surface area (TPSA) is 3.24 Å². The van der Waals surface area contributed by atoms with E-state index in [-0.39, 0.29) is 5.41 Å². The molecule has 0 atom stereocenters. The number of anilines is 3. The molecule has 0 fully saturated rings. The third kappa shape index (κ3) is 5.01. The van der Waals surface area contributed by atoms with Crippen molar-refractivity contribution in [3.05, 3.63) is 211 Å². The molecule has 0 aromatic heterocycles. The first kappa shape index (κ1) is 32.5. The number of fused-ring (bicyclic) bond motifs is 9. The van der Waals surface area contributed by atoms with Crippen LogP contribution < -0.4 is 4.90 Å². The number of nitrogens with zero attached hydrogens (tertiary/aromatic N) is 1. The van der Waals surface area contributed by atoms with Crippen LogP contribution >= 0.6 is 0 Å². The molecule has 264 valence electrons. The molecular weight excluding hydrogens is 675 g/mol.